The number of aliphatic hydroxyl groups excluding tert-OH is 1. The maximum Gasteiger partial charge on any atom is 0.323 e. The summed E-state index contributed by atoms with van der Waals surface area (Å²) in [6, 6.07) is 14.8. The minimum absolute atomic E-state index is 0.126. The number of anilines is 2. The van der Waals surface area contributed by atoms with E-state index in [1.165, 1.54) is 6.08 Å². The van der Waals surface area contributed by atoms with Gasteiger partial charge in [0.25, 0.3) is 0 Å². The van der Waals surface area contributed by atoms with Crippen LogP contribution in [-0.4, -0.2) is 83.0 Å². The van der Waals surface area contributed by atoms with Gasteiger partial charge in [-0.1, -0.05) is 49.0 Å². The number of piperazine rings is 1. The summed E-state index contributed by atoms with van der Waals surface area (Å²) >= 11 is 6.71. The van der Waals surface area contributed by atoms with Crippen molar-refractivity contribution in [3.63, 3.8) is 0 Å². The lowest BCUT2D eigenvalue weighted by atomic mass is 10.0. The number of fused-ring (bicyclic) bond motifs is 2. The average molecular weight is 600 g/mol. The molecule has 2 saturated heterocycles. The first kappa shape index (κ1) is 29.4. The minimum Gasteiger partial charge on any atom is -0.428 e. The second-order valence-corrected chi connectivity index (χ2v) is 12.0. The monoisotopic (exact) mass is 599 g/mol. The fourth-order valence-electron chi connectivity index (χ4n) is 6.78. The summed E-state index contributed by atoms with van der Waals surface area (Å²) < 4.78 is 6.31. The van der Waals surface area contributed by atoms with Crippen molar-refractivity contribution in [2.24, 2.45) is 0 Å². The van der Waals surface area contributed by atoms with Gasteiger partial charge in [-0.2, -0.15) is 15.2 Å². The number of rotatable bonds is 8. The first-order valence-electron chi connectivity index (χ1n) is 14.9. The van der Waals surface area contributed by atoms with Gasteiger partial charge in [-0.3, -0.25) is 9.80 Å². The number of hydrogen-bond acceptors (Lipinski definition) is 9. The van der Waals surface area contributed by atoms with Crippen LogP contribution in [0.3, 0.4) is 0 Å². The van der Waals surface area contributed by atoms with Crippen molar-refractivity contribution >= 4 is 33.9 Å². The molecule has 2 aromatic carbocycles. The van der Waals surface area contributed by atoms with Crippen molar-refractivity contribution in [3.05, 3.63) is 77.7 Å². The van der Waals surface area contributed by atoms with Crippen LogP contribution in [-0.2, 0) is 13.0 Å². The molecular formula is C33H38ClN7O2. The van der Waals surface area contributed by atoms with E-state index in [2.05, 4.69) is 65.2 Å². The van der Waals surface area contributed by atoms with E-state index in [0.717, 1.165) is 70.9 Å². The van der Waals surface area contributed by atoms with Crippen LogP contribution in [0.25, 0.3) is 10.8 Å². The maximum absolute atomic E-state index is 10.5. The number of aromatic nitrogens is 2. The molecule has 3 aromatic rings. The van der Waals surface area contributed by atoms with Crippen molar-refractivity contribution in [2.75, 3.05) is 49.6 Å². The third-order valence-electron chi connectivity index (χ3n) is 9.02. The number of nitrogens with zero attached hydrogens (tertiary/aromatic N) is 7. The first-order chi connectivity index (χ1) is 20.9. The van der Waals surface area contributed by atoms with Gasteiger partial charge in [0.2, 0.25) is 0 Å². The SMILES string of the molecule is C=CC(O)N1CCN(c2nc(OC(=C)[C@@H]3CCCN3C)nc3c2CCN(c2cccc4cccc(Cl)c24)C3)C[C@@H]1CC#N. The topological polar surface area (TPSA) is 92.0 Å². The summed E-state index contributed by atoms with van der Waals surface area (Å²) in [5, 5.41) is 23.0. The van der Waals surface area contributed by atoms with Crippen molar-refractivity contribution in [1.82, 2.24) is 19.8 Å². The molecule has 0 bridgehead atoms. The predicted molar refractivity (Wildman–Crippen MR) is 170 cm³/mol. The maximum atomic E-state index is 10.5. The Morgan fingerprint density at radius 2 is 2.00 bits per heavy atom. The summed E-state index contributed by atoms with van der Waals surface area (Å²) in [5.41, 5.74) is 3.08. The van der Waals surface area contributed by atoms with Crippen LogP contribution in [0, 0.1) is 11.3 Å². The van der Waals surface area contributed by atoms with Gasteiger partial charge >= 0.3 is 6.01 Å². The Balaban J connectivity index is 1.36. The van der Waals surface area contributed by atoms with E-state index >= 15 is 0 Å². The fourth-order valence-corrected chi connectivity index (χ4v) is 7.05. The molecule has 4 heterocycles. The summed E-state index contributed by atoms with van der Waals surface area (Å²) in [6.45, 7) is 12.1. The molecule has 0 amide bonds. The van der Waals surface area contributed by atoms with Crippen LogP contribution in [0.2, 0.25) is 5.02 Å². The molecule has 0 saturated carbocycles. The third-order valence-corrected chi connectivity index (χ3v) is 9.33. The number of nitriles is 1. The second-order valence-electron chi connectivity index (χ2n) is 11.6. The minimum atomic E-state index is -0.800. The van der Waals surface area contributed by atoms with Crippen LogP contribution >= 0.6 is 11.6 Å². The molecule has 3 aliphatic rings. The van der Waals surface area contributed by atoms with E-state index in [1.54, 1.807) is 0 Å². The Morgan fingerprint density at radius 1 is 1.19 bits per heavy atom. The number of halogens is 1. The number of likely N-dealkylation sites (tertiary alicyclic amines) is 1. The van der Waals surface area contributed by atoms with Crippen LogP contribution in [0.5, 0.6) is 6.01 Å². The Morgan fingerprint density at radius 3 is 2.74 bits per heavy atom. The number of hydrogen-bond donors (Lipinski definition) is 1. The second kappa shape index (κ2) is 12.5. The number of likely N-dealkylation sites (N-methyl/N-ethyl adjacent to an activating group) is 1. The Hall–Kier alpha value is -3.68. The van der Waals surface area contributed by atoms with Gasteiger partial charge in [0, 0.05) is 48.9 Å². The van der Waals surface area contributed by atoms with Gasteiger partial charge in [0.05, 0.1) is 35.8 Å². The van der Waals surface area contributed by atoms with Crippen molar-refractivity contribution in [2.45, 2.75) is 50.5 Å². The number of ether oxygens (including phenoxy) is 1. The Bertz CT molecular complexity index is 1570. The quantitative estimate of drug-likeness (QED) is 0.291. The highest BCUT2D eigenvalue weighted by atomic mass is 35.5. The van der Waals surface area contributed by atoms with Crippen molar-refractivity contribution in [1.29, 1.82) is 5.26 Å². The molecule has 10 heteroatoms. The zero-order valence-corrected chi connectivity index (χ0v) is 25.4. The molecule has 9 nitrogen and oxygen atoms in total. The largest absolute Gasteiger partial charge is 0.428 e. The first-order valence-corrected chi connectivity index (χ1v) is 15.3. The molecule has 6 rings (SSSR count). The molecule has 0 aliphatic carbocycles. The summed E-state index contributed by atoms with van der Waals surface area (Å²) in [7, 11) is 2.09. The Kier molecular flexibility index (Phi) is 8.55. The highest BCUT2D eigenvalue weighted by molar-refractivity contribution is 6.36. The zero-order valence-electron chi connectivity index (χ0n) is 24.6. The summed E-state index contributed by atoms with van der Waals surface area (Å²) in [4.78, 5) is 18.7. The molecule has 224 valence electrons. The van der Waals surface area contributed by atoms with Crippen molar-refractivity contribution < 1.29 is 9.84 Å². The fraction of sp³-hybridized carbons (Fsp3) is 0.424. The van der Waals surface area contributed by atoms with Crippen LogP contribution < -0.4 is 14.5 Å². The average Bonchev–Trinajstić information content (AvgIpc) is 3.46. The molecular weight excluding hydrogens is 562 g/mol. The normalized spacial score (nSPS) is 21.8. The van der Waals surface area contributed by atoms with Crippen LogP contribution in [0.15, 0.2) is 61.4 Å². The van der Waals surface area contributed by atoms with Crippen molar-refractivity contribution in [3.8, 4) is 12.1 Å². The van der Waals surface area contributed by atoms with E-state index in [4.69, 9.17) is 26.3 Å². The van der Waals surface area contributed by atoms with E-state index in [0.29, 0.717) is 44.4 Å². The van der Waals surface area contributed by atoms with Gasteiger partial charge in [0.15, 0.2) is 0 Å². The molecule has 1 unspecified atom stereocenters. The van der Waals surface area contributed by atoms with Gasteiger partial charge in [-0.05, 0) is 56.4 Å². The molecule has 43 heavy (non-hydrogen) atoms. The lowest BCUT2D eigenvalue weighted by molar-refractivity contribution is 0.00431. The summed E-state index contributed by atoms with van der Waals surface area (Å²) in [6.07, 6.45) is 3.84. The lowest BCUT2D eigenvalue weighted by Gasteiger charge is -2.43. The number of benzene rings is 2. The van der Waals surface area contributed by atoms with E-state index in [-0.39, 0.29) is 12.1 Å². The smallest absolute Gasteiger partial charge is 0.323 e. The van der Waals surface area contributed by atoms with Gasteiger partial charge in [0.1, 0.15) is 17.8 Å². The highest BCUT2D eigenvalue weighted by Gasteiger charge is 2.34. The number of aliphatic hydroxyl groups is 1. The van der Waals surface area contributed by atoms with Crippen LogP contribution in [0.4, 0.5) is 11.5 Å². The zero-order chi connectivity index (χ0) is 30.1. The van der Waals surface area contributed by atoms with E-state index in [1.807, 2.05) is 17.0 Å². The lowest BCUT2D eigenvalue weighted by Crippen LogP contribution is -2.56. The predicted octanol–water partition coefficient (Wildman–Crippen LogP) is 4.74. The molecule has 1 N–H and O–H groups in total. The molecule has 3 atom stereocenters. The standard InChI is InChI=1S/C33H38ClN7O2/c1-4-30(42)41-19-18-40(20-24(41)13-15-35)32-25-14-17-39(29-11-6-9-23-8-5-10-26(34)31(23)29)21-27(25)36-33(37-32)43-22(2)28-12-7-16-38(28)3/h4-6,8-11,24,28,30,42H,1-2,7,12-14,16-21H2,3H3/t24-,28-,30?/m0/s1. The Labute approximate surface area is 258 Å². The highest BCUT2D eigenvalue weighted by Crippen LogP contribution is 2.37. The molecule has 1 aromatic heterocycles. The van der Waals surface area contributed by atoms with Gasteiger partial charge in [-0.15, -0.1) is 0 Å². The molecule has 2 fully saturated rings. The molecule has 0 radical (unpaired) electrons. The summed E-state index contributed by atoms with van der Waals surface area (Å²) in [5.74, 6) is 1.49. The van der Waals surface area contributed by atoms with Gasteiger partial charge in [-0.25, -0.2) is 0 Å². The van der Waals surface area contributed by atoms with E-state index in [9.17, 15) is 10.4 Å². The molecule has 0 spiro atoms. The molecule has 3 aliphatic heterocycles. The van der Waals surface area contributed by atoms with Gasteiger partial charge < -0.3 is 19.6 Å². The van der Waals surface area contributed by atoms with E-state index < -0.39 is 6.23 Å². The third kappa shape index (κ3) is 5.80. The van der Waals surface area contributed by atoms with Crippen LogP contribution in [0.1, 0.15) is 30.5 Å².